The molecule has 2 heterocycles. The van der Waals surface area contributed by atoms with E-state index in [4.69, 9.17) is 16.0 Å². The van der Waals surface area contributed by atoms with E-state index in [1.807, 2.05) is 31.2 Å². The van der Waals surface area contributed by atoms with Gasteiger partial charge >= 0.3 is 0 Å². The Morgan fingerprint density at radius 2 is 2.12 bits per heavy atom. The largest absolute Gasteiger partial charge is 0.418 e. The van der Waals surface area contributed by atoms with Gasteiger partial charge in [0, 0.05) is 11.8 Å². The van der Waals surface area contributed by atoms with E-state index in [1.54, 1.807) is 12.3 Å². The molecular formula is C13H9ClN2O. The summed E-state index contributed by atoms with van der Waals surface area (Å²) in [4.78, 5) is 8.46. The summed E-state index contributed by atoms with van der Waals surface area (Å²) in [7, 11) is 0. The fourth-order valence-electron chi connectivity index (χ4n) is 1.71. The lowest BCUT2D eigenvalue weighted by Crippen LogP contribution is -1.78. The normalized spacial score (nSPS) is 10.9. The van der Waals surface area contributed by atoms with Crippen molar-refractivity contribution < 1.29 is 4.42 Å². The van der Waals surface area contributed by atoms with Gasteiger partial charge in [-0.05, 0) is 25.1 Å². The highest BCUT2D eigenvalue weighted by Crippen LogP contribution is 2.27. The third-order valence-electron chi connectivity index (χ3n) is 2.51. The standard InChI is InChI=1S/C13H9ClN2O/c1-8-3-2-4-9(7-8)12-16-11-10(14)5-6-15-13(11)17-12/h2-7H,1H3. The minimum Gasteiger partial charge on any atom is -0.418 e. The molecule has 4 heteroatoms. The van der Waals surface area contributed by atoms with Crippen molar-refractivity contribution in [2.75, 3.05) is 0 Å². The van der Waals surface area contributed by atoms with Crippen LogP contribution in [-0.2, 0) is 0 Å². The summed E-state index contributed by atoms with van der Waals surface area (Å²) < 4.78 is 5.58. The Morgan fingerprint density at radius 3 is 2.88 bits per heavy atom. The summed E-state index contributed by atoms with van der Waals surface area (Å²) in [6, 6.07) is 9.66. The van der Waals surface area contributed by atoms with Crippen molar-refractivity contribution in [1.82, 2.24) is 9.97 Å². The Hall–Kier alpha value is -1.87. The van der Waals surface area contributed by atoms with Crippen molar-refractivity contribution in [3.8, 4) is 11.5 Å². The molecule has 3 rings (SSSR count). The highest BCUT2D eigenvalue weighted by molar-refractivity contribution is 6.34. The molecule has 0 spiro atoms. The van der Waals surface area contributed by atoms with Gasteiger partial charge in [-0.2, -0.15) is 0 Å². The van der Waals surface area contributed by atoms with Gasteiger partial charge in [-0.3, -0.25) is 0 Å². The number of fused-ring (bicyclic) bond motifs is 1. The molecule has 1 aromatic carbocycles. The van der Waals surface area contributed by atoms with E-state index >= 15 is 0 Å². The molecule has 0 saturated heterocycles. The zero-order valence-corrected chi connectivity index (χ0v) is 9.90. The summed E-state index contributed by atoms with van der Waals surface area (Å²) >= 11 is 6.03. The maximum Gasteiger partial charge on any atom is 0.248 e. The van der Waals surface area contributed by atoms with Crippen molar-refractivity contribution in [3.63, 3.8) is 0 Å². The van der Waals surface area contributed by atoms with E-state index in [0.717, 1.165) is 11.1 Å². The van der Waals surface area contributed by atoms with Gasteiger partial charge in [0.1, 0.15) is 5.52 Å². The fraction of sp³-hybridized carbons (Fsp3) is 0.0769. The molecule has 0 radical (unpaired) electrons. The molecule has 0 aliphatic rings. The highest BCUT2D eigenvalue weighted by Gasteiger charge is 2.11. The Balaban J connectivity index is 2.22. The van der Waals surface area contributed by atoms with Gasteiger partial charge in [-0.1, -0.05) is 29.3 Å². The summed E-state index contributed by atoms with van der Waals surface area (Å²) in [6.07, 6.45) is 1.61. The average Bonchev–Trinajstić information content (AvgIpc) is 2.74. The molecule has 84 valence electrons. The van der Waals surface area contributed by atoms with Gasteiger partial charge in [-0.25, -0.2) is 9.97 Å². The maximum absolute atomic E-state index is 6.03. The molecule has 0 saturated carbocycles. The molecule has 0 N–H and O–H groups in total. The number of nitrogens with zero attached hydrogens (tertiary/aromatic N) is 2. The topological polar surface area (TPSA) is 38.9 Å². The fourth-order valence-corrected chi connectivity index (χ4v) is 1.89. The smallest absolute Gasteiger partial charge is 0.248 e. The number of oxazole rings is 1. The van der Waals surface area contributed by atoms with Crippen molar-refractivity contribution >= 4 is 22.8 Å². The van der Waals surface area contributed by atoms with Crippen molar-refractivity contribution in [2.24, 2.45) is 0 Å². The van der Waals surface area contributed by atoms with E-state index < -0.39 is 0 Å². The molecule has 2 aromatic heterocycles. The van der Waals surface area contributed by atoms with Crippen LogP contribution in [0.5, 0.6) is 0 Å². The number of halogens is 1. The molecule has 0 atom stereocenters. The molecule has 17 heavy (non-hydrogen) atoms. The van der Waals surface area contributed by atoms with E-state index in [2.05, 4.69) is 9.97 Å². The Kier molecular flexibility index (Phi) is 2.34. The quantitative estimate of drug-likeness (QED) is 0.653. The second kappa shape index (κ2) is 3.86. The number of aryl methyl sites for hydroxylation is 1. The number of hydrogen-bond acceptors (Lipinski definition) is 3. The molecule has 0 unspecified atom stereocenters. The summed E-state index contributed by atoms with van der Waals surface area (Å²) in [5.41, 5.74) is 3.16. The lowest BCUT2D eigenvalue weighted by molar-refractivity contribution is 0.608. The Morgan fingerprint density at radius 1 is 1.24 bits per heavy atom. The van der Waals surface area contributed by atoms with Crippen LogP contribution < -0.4 is 0 Å². The van der Waals surface area contributed by atoms with E-state index in [0.29, 0.717) is 22.1 Å². The summed E-state index contributed by atoms with van der Waals surface area (Å²) in [5, 5.41) is 0.553. The third-order valence-corrected chi connectivity index (χ3v) is 2.82. The van der Waals surface area contributed by atoms with Gasteiger partial charge in [0.05, 0.1) is 5.02 Å². The van der Waals surface area contributed by atoms with Gasteiger partial charge in [0.15, 0.2) is 0 Å². The van der Waals surface area contributed by atoms with Gasteiger partial charge < -0.3 is 4.42 Å². The van der Waals surface area contributed by atoms with Crippen LogP contribution in [0.25, 0.3) is 22.7 Å². The SMILES string of the molecule is Cc1cccc(-c2nc3c(Cl)ccnc3o2)c1. The van der Waals surface area contributed by atoms with Gasteiger partial charge in [0.25, 0.3) is 0 Å². The van der Waals surface area contributed by atoms with Crippen molar-refractivity contribution in [1.29, 1.82) is 0 Å². The van der Waals surface area contributed by atoms with Crippen LogP contribution in [0.15, 0.2) is 40.9 Å². The first-order valence-electron chi connectivity index (χ1n) is 5.22. The van der Waals surface area contributed by atoms with Crippen molar-refractivity contribution in [3.05, 3.63) is 47.1 Å². The summed E-state index contributed by atoms with van der Waals surface area (Å²) in [6.45, 7) is 2.03. The average molecular weight is 245 g/mol. The monoisotopic (exact) mass is 244 g/mol. The van der Waals surface area contributed by atoms with Gasteiger partial charge in [-0.15, -0.1) is 0 Å². The first-order chi connectivity index (χ1) is 8.24. The molecule has 0 bridgehead atoms. The predicted octanol–water partition coefficient (Wildman–Crippen LogP) is 3.85. The number of hydrogen-bond donors (Lipinski definition) is 0. The lowest BCUT2D eigenvalue weighted by atomic mass is 10.1. The zero-order chi connectivity index (χ0) is 11.8. The number of pyridine rings is 1. The molecule has 3 nitrogen and oxygen atoms in total. The molecular weight excluding hydrogens is 236 g/mol. The lowest BCUT2D eigenvalue weighted by Gasteiger charge is -1.95. The van der Waals surface area contributed by atoms with E-state index in [9.17, 15) is 0 Å². The third kappa shape index (κ3) is 1.78. The number of aromatic nitrogens is 2. The minimum absolute atomic E-state index is 0.467. The van der Waals surface area contributed by atoms with Crippen LogP contribution >= 0.6 is 11.6 Å². The summed E-state index contributed by atoms with van der Waals surface area (Å²) in [5.74, 6) is 0.546. The molecule has 0 aliphatic carbocycles. The van der Waals surface area contributed by atoms with Crippen LogP contribution in [-0.4, -0.2) is 9.97 Å². The van der Waals surface area contributed by atoms with E-state index in [1.165, 1.54) is 0 Å². The second-order valence-electron chi connectivity index (χ2n) is 3.84. The van der Waals surface area contributed by atoms with Crippen molar-refractivity contribution in [2.45, 2.75) is 6.92 Å². The molecule has 0 amide bonds. The van der Waals surface area contributed by atoms with Crippen LogP contribution in [0, 0.1) is 6.92 Å². The zero-order valence-electron chi connectivity index (χ0n) is 9.14. The van der Waals surface area contributed by atoms with Crippen LogP contribution in [0.4, 0.5) is 0 Å². The van der Waals surface area contributed by atoms with Crippen LogP contribution in [0.1, 0.15) is 5.56 Å². The number of rotatable bonds is 1. The second-order valence-corrected chi connectivity index (χ2v) is 4.24. The first kappa shape index (κ1) is 10.3. The minimum atomic E-state index is 0.467. The molecule has 0 fully saturated rings. The van der Waals surface area contributed by atoms with Gasteiger partial charge in [0.2, 0.25) is 11.6 Å². The highest BCUT2D eigenvalue weighted by atomic mass is 35.5. The molecule has 3 aromatic rings. The van der Waals surface area contributed by atoms with E-state index in [-0.39, 0.29) is 0 Å². The maximum atomic E-state index is 6.03. The Bertz CT molecular complexity index is 691. The Labute approximate surface area is 103 Å². The van der Waals surface area contributed by atoms with Crippen LogP contribution in [0.3, 0.4) is 0 Å². The molecule has 0 aliphatic heterocycles. The predicted molar refractivity (Wildman–Crippen MR) is 67.0 cm³/mol. The van der Waals surface area contributed by atoms with Crippen LogP contribution in [0.2, 0.25) is 5.02 Å². The number of benzene rings is 1. The first-order valence-corrected chi connectivity index (χ1v) is 5.60.